The molecule has 1 aromatic rings. The van der Waals surface area contributed by atoms with Crippen molar-refractivity contribution in [3.63, 3.8) is 0 Å². The average molecular weight is 401 g/mol. The molecule has 0 saturated heterocycles. The molecule has 1 saturated carbocycles. The number of rotatable bonds is 9. The van der Waals surface area contributed by atoms with E-state index in [1.165, 1.54) is 0 Å². The van der Waals surface area contributed by atoms with Crippen molar-refractivity contribution in [3.8, 4) is 5.75 Å². The topological polar surface area (TPSA) is 47.6 Å². The van der Waals surface area contributed by atoms with Crippen LogP contribution in [0, 0.1) is 5.41 Å². The van der Waals surface area contributed by atoms with E-state index in [0.717, 1.165) is 32.1 Å². The SMILES string of the molecule is COc1ccc(C(=O)N[C@@H](OC)C2(CCCCC(F)(F)F)CCCCC2)cc1. The Kier molecular flexibility index (Phi) is 8.16. The third-order valence-corrected chi connectivity index (χ3v) is 5.64. The number of methoxy groups -OCH3 is 2. The van der Waals surface area contributed by atoms with E-state index in [-0.39, 0.29) is 17.7 Å². The van der Waals surface area contributed by atoms with Gasteiger partial charge < -0.3 is 14.8 Å². The van der Waals surface area contributed by atoms with E-state index >= 15 is 0 Å². The molecule has 0 bridgehead atoms. The van der Waals surface area contributed by atoms with Crippen LogP contribution in [0.4, 0.5) is 13.2 Å². The minimum atomic E-state index is -4.12. The number of ether oxygens (including phenoxy) is 2. The lowest BCUT2D eigenvalue weighted by atomic mass is 9.69. The predicted octanol–water partition coefficient (Wildman–Crippen LogP) is 5.47. The molecule has 158 valence electrons. The van der Waals surface area contributed by atoms with Crippen molar-refractivity contribution < 1.29 is 27.4 Å². The second-order valence-corrected chi connectivity index (χ2v) is 7.56. The fraction of sp³-hybridized carbons (Fsp3) is 0.667. The first-order valence-electron chi connectivity index (χ1n) is 9.84. The molecule has 4 nitrogen and oxygen atoms in total. The van der Waals surface area contributed by atoms with Crippen LogP contribution in [0.3, 0.4) is 0 Å². The zero-order valence-electron chi connectivity index (χ0n) is 16.6. The Balaban J connectivity index is 2.05. The molecular formula is C21H30F3NO3. The van der Waals surface area contributed by atoms with Crippen molar-refractivity contribution in [1.82, 2.24) is 5.32 Å². The van der Waals surface area contributed by atoms with Gasteiger partial charge in [-0.25, -0.2) is 0 Å². The third kappa shape index (κ3) is 6.40. The highest BCUT2D eigenvalue weighted by Gasteiger charge is 2.41. The first-order valence-corrected chi connectivity index (χ1v) is 9.84. The molecule has 28 heavy (non-hydrogen) atoms. The molecular weight excluding hydrogens is 371 g/mol. The van der Waals surface area contributed by atoms with Gasteiger partial charge in [-0.3, -0.25) is 4.79 Å². The number of nitrogens with one attached hydrogen (secondary N) is 1. The van der Waals surface area contributed by atoms with Crippen molar-refractivity contribution in [3.05, 3.63) is 29.8 Å². The number of carbonyl (C=O) groups excluding carboxylic acids is 1. The summed E-state index contributed by atoms with van der Waals surface area (Å²) < 4.78 is 48.1. The first kappa shape index (κ1) is 22.5. The predicted molar refractivity (Wildman–Crippen MR) is 101 cm³/mol. The molecule has 7 heteroatoms. The number of benzene rings is 1. The van der Waals surface area contributed by atoms with Gasteiger partial charge >= 0.3 is 6.18 Å². The molecule has 1 fully saturated rings. The summed E-state index contributed by atoms with van der Waals surface area (Å²) in [7, 11) is 3.10. The van der Waals surface area contributed by atoms with E-state index < -0.39 is 18.8 Å². The van der Waals surface area contributed by atoms with Gasteiger partial charge in [0, 0.05) is 24.5 Å². The quantitative estimate of drug-likeness (QED) is 0.441. The van der Waals surface area contributed by atoms with Gasteiger partial charge in [-0.1, -0.05) is 25.7 Å². The minimum Gasteiger partial charge on any atom is -0.497 e. The fourth-order valence-electron chi connectivity index (χ4n) is 4.11. The third-order valence-electron chi connectivity index (χ3n) is 5.64. The molecule has 0 unspecified atom stereocenters. The van der Waals surface area contributed by atoms with Gasteiger partial charge in [0.1, 0.15) is 12.0 Å². The number of halogens is 3. The summed E-state index contributed by atoms with van der Waals surface area (Å²) in [5.41, 5.74) is 0.173. The van der Waals surface area contributed by atoms with Gasteiger partial charge in [0.05, 0.1) is 7.11 Å². The number of carbonyl (C=O) groups is 1. The van der Waals surface area contributed by atoms with Crippen molar-refractivity contribution >= 4 is 5.91 Å². The van der Waals surface area contributed by atoms with Crippen LogP contribution >= 0.6 is 0 Å². The number of hydrogen-bond acceptors (Lipinski definition) is 3. The molecule has 1 aromatic carbocycles. The lowest BCUT2D eigenvalue weighted by Crippen LogP contribution is -2.50. The van der Waals surface area contributed by atoms with Crippen LogP contribution < -0.4 is 10.1 Å². The number of hydrogen-bond donors (Lipinski definition) is 1. The van der Waals surface area contributed by atoms with Crippen molar-refractivity contribution in [1.29, 1.82) is 0 Å². The Bertz CT molecular complexity index is 610. The molecule has 2 rings (SSSR count). The maximum absolute atomic E-state index is 12.7. The molecule has 0 aliphatic heterocycles. The smallest absolute Gasteiger partial charge is 0.389 e. The summed E-state index contributed by atoms with van der Waals surface area (Å²) in [5.74, 6) is 0.406. The van der Waals surface area contributed by atoms with Gasteiger partial charge in [-0.2, -0.15) is 13.2 Å². The second-order valence-electron chi connectivity index (χ2n) is 7.56. The maximum atomic E-state index is 12.7. The van der Waals surface area contributed by atoms with Crippen LogP contribution in [0.25, 0.3) is 0 Å². The van der Waals surface area contributed by atoms with Gasteiger partial charge in [0.25, 0.3) is 5.91 Å². The Morgan fingerprint density at radius 3 is 2.29 bits per heavy atom. The molecule has 0 radical (unpaired) electrons. The molecule has 1 aliphatic rings. The van der Waals surface area contributed by atoms with E-state index in [1.807, 2.05) is 0 Å². The van der Waals surface area contributed by atoms with Gasteiger partial charge in [-0.05, 0) is 49.9 Å². The van der Waals surface area contributed by atoms with Crippen LogP contribution in [0.5, 0.6) is 5.75 Å². The Labute approximate surface area is 164 Å². The summed E-state index contributed by atoms with van der Waals surface area (Å²) in [4.78, 5) is 12.7. The molecule has 1 aliphatic carbocycles. The molecule has 0 heterocycles. The Hall–Kier alpha value is -1.76. The molecule has 0 aromatic heterocycles. The molecule has 1 amide bonds. The molecule has 0 spiro atoms. The van der Waals surface area contributed by atoms with E-state index in [4.69, 9.17) is 9.47 Å². The monoisotopic (exact) mass is 401 g/mol. The van der Waals surface area contributed by atoms with Crippen LogP contribution in [0.2, 0.25) is 0 Å². The zero-order chi connectivity index (χ0) is 20.6. The van der Waals surface area contributed by atoms with Gasteiger partial charge in [0.15, 0.2) is 0 Å². The van der Waals surface area contributed by atoms with Crippen molar-refractivity contribution in [2.75, 3.05) is 14.2 Å². The van der Waals surface area contributed by atoms with Crippen LogP contribution in [-0.2, 0) is 4.74 Å². The fourth-order valence-corrected chi connectivity index (χ4v) is 4.11. The highest BCUT2D eigenvalue weighted by Crippen LogP contribution is 2.44. The average Bonchev–Trinajstić information content (AvgIpc) is 2.69. The van der Waals surface area contributed by atoms with Gasteiger partial charge in [0.2, 0.25) is 0 Å². The minimum absolute atomic E-state index is 0.105. The lowest BCUT2D eigenvalue weighted by molar-refractivity contribution is -0.136. The van der Waals surface area contributed by atoms with E-state index in [1.54, 1.807) is 38.5 Å². The summed E-state index contributed by atoms with van der Waals surface area (Å²) in [5, 5.41) is 2.96. The number of alkyl halides is 3. The van der Waals surface area contributed by atoms with E-state index in [9.17, 15) is 18.0 Å². The second kappa shape index (κ2) is 10.1. The summed E-state index contributed by atoms with van der Waals surface area (Å²) in [6.07, 6.45) is 0.578. The van der Waals surface area contributed by atoms with Crippen LogP contribution in [0.15, 0.2) is 24.3 Å². The standard InChI is InChI=1S/C21H30F3NO3/c1-27-17-10-8-16(9-11-17)18(26)25-19(28-2)20(12-4-3-5-13-20)14-6-7-15-21(22,23)24/h8-11,19H,3-7,12-15H2,1-2H3,(H,25,26)/t19-/m0/s1. The van der Waals surface area contributed by atoms with Crippen LogP contribution in [-0.4, -0.2) is 32.5 Å². The molecule has 1 atom stereocenters. The van der Waals surface area contributed by atoms with E-state index in [0.29, 0.717) is 24.2 Å². The summed E-state index contributed by atoms with van der Waals surface area (Å²) >= 11 is 0. The van der Waals surface area contributed by atoms with Gasteiger partial charge in [-0.15, -0.1) is 0 Å². The van der Waals surface area contributed by atoms with Crippen molar-refractivity contribution in [2.24, 2.45) is 5.41 Å². The zero-order valence-corrected chi connectivity index (χ0v) is 16.6. The summed E-state index contributed by atoms with van der Waals surface area (Å²) in [6, 6.07) is 6.78. The first-order chi connectivity index (χ1) is 13.3. The Morgan fingerprint density at radius 2 is 1.75 bits per heavy atom. The highest BCUT2D eigenvalue weighted by molar-refractivity contribution is 5.94. The maximum Gasteiger partial charge on any atom is 0.389 e. The Morgan fingerprint density at radius 1 is 1.11 bits per heavy atom. The number of amides is 1. The van der Waals surface area contributed by atoms with Crippen molar-refractivity contribution in [2.45, 2.75) is 70.2 Å². The van der Waals surface area contributed by atoms with E-state index in [2.05, 4.69) is 5.32 Å². The normalized spacial score (nSPS) is 17.8. The summed E-state index contributed by atoms with van der Waals surface area (Å²) in [6.45, 7) is 0. The lowest BCUT2D eigenvalue weighted by Gasteiger charge is -2.43. The number of unbranched alkanes of at least 4 members (excludes halogenated alkanes) is 1. The highest BCUT2D eigenvalue weighted by atomic mass is 19.4. The largest absolute Gasteiger partial charge is 0.497 e. The van der Waals surface area contributed by atoms with Crippen LogP contribution in [0.1, 0.15) is 68.1 Å². The molecule has 1 N–H and O–H groups in total.